The van der Waals surface area contributed by atoms with Crippen LogP contribution in [0.4, 0.5) is 0 Å². The Morgan fingerprint density at radius 2 is 1.81 bits per heavy atom. The first-order chi connectivity index (χ1) is 7.72. The molecule has 16 heavy (non-hydrogen) atoms. The first kappa shape index (κ1) is 10.1. The van der Waals surface area contributed by atoms with Crippen LogP contribution in [0.2, 0.25) is 0 Å². The van der Waals surface area contributed by atoms with Gasteiger partial charge in [-0.05, 0) is 56.8 Å². The maximum atomic E-state index is 12.1. The molecule has 0 spiro atoms. The van der Waals surface area contributed by atoms with Gasteiger partial charge in [0.1, 0.15) is 5.54 Å². The lowest BCUT2D eigenvalue weighted by Crippen LogP contribution is -2.47. The van der Waals surface area contributed by atoms with E-state index in [9.17, 15) is 10.1 Å². The lowest BCUT2D eigenvalue weighted by Gasteiger charge is -2.24. The van der Waals surface area contributed by atoms with Crippen LogP contribution in [0.25, 0.3) is 0 Å². The van der Waals surface area contributed by atoms with Crippen LogP contribution in [0.5, 0.6) is 0 Å². The van der Waals surface area contributed by atoms with Crippen molar-refractivity contribution in [1.82, 2.24) is 5.32 Å². The number of nitrogens with one attached hydrogen (secondary N) is 1. The van der Waals surface area contributed by atoms with E-state index in [0.29, 0.717) is 0 Å². The number of hydrogen-bond acceptors (Lipinski definition) is 2. The number of nitrogens with zero attached hydrogens (tertiary/aromatic N) is 1. The van der Waals surface area contributed by atoms with Crippen LogP contribution in [-0.2, 0) is 4.79 Å². The maximum Gasteiger partial charge on any atom is 0.224 e. The van der Waals surface area contributed by atoms with Crippen LogP contribution in [0, 0.1) is 29.1 Å². The van der Waals surface area contributed by atoms with E-state index in [1.54, 1.807) is 0 Å². The Hall–Kier alpha value is -1.04. The Kier molecular flexibility index (Phi) is 2.20. The molecule has 0 heterocycles. The van der Waals surface area contributed by atoms with E-state index in [1.165, 1.54) is 6.42 Å². The highest BCUT2D eigenvalue weighted by Crippen LogP contribution is 2.54. The third-order valence-electron chi connectivity index (χ3n) is 4.65. The van der Waals surface area contributed by atoms with Gasteiger partial charge in [-0.2, -0.15) is 5.26 Å². The molecular formula is C13H18N2O. The minimum Gasteiger partial charge on any atom is -0.338 e. The average Bonchev–Trinajstić information content (AvgIpc) is 2.74. The van der Waals surface area contributed by atoms with Crippen molar-refractivity contribution in [3.05, 3.63) is 0 Å². The summed E-state index contributed by atoms with van der Waals surface area (Å²) in [5.74, 6) is 2.01. The summed E-state index contributed by atoms with van der Waals surface area (Å²) in [7, 11) is 0. The lowest BCUT2D eigenvalue weighted by atomic mass is 9.96. The lowest BCUT2D eigenvalue weighted by molar-refractivity contribution is -0.126. The van der Waals surface area contributed by atoms with Crippen molar-refractivity contribution in [3.63, 3.8) is 0 Å². The molecule has 3 saturated carbocycles. The molecule has 0 radical (unpaired) electrons. The molecule has 0 saturated heterocycles. The Labute approximate surface area is 96.2 Å². The highest BCUT2D eigenvalue weighted by Gasteiger charge is 2.49. The zero-order valence-electron chi connectivity index (χ0n) is 9.54. The molecule has 86 valence electrons. The van der Waals surface area contributed by atoms with Crippen LogP contribution < -0.4 is 5.32 Å². The Balaban J connectivity index is 1.61. The zero-order chi connectivity index (χ0) is 11.2. The second-order valence-electron chi connectivity index (χ2n) is 5.81. The van der Waals surface area contributed by atoms with E-state index < -0.39 is 5.54 Å². The first-order valence-corrected chi connectivity index (χ1v) is 6.46. The fourth-order valence-corrected chi connectivity index (χ4v) is 3.51. The number of nitriles is 1. The summed E-state index contributed by atoms with van der Waals surface area (Å²) in [5.41, 5.74) is -0.524. The average molecular weight is 218 g/mol. The van der Waals surface area contributed by atoms with Crippen LogP contribution in [0.1, 0.15) is 44.9 Å². The van der Waals surface area contributed by atoms with Crippen molar-refractivity contribution in [2.75, 3.05) is 0 Å². The predicted octanol–water partition coefficient (Wildman–Crippen LogP) is 1.99. The van der Waals surface area contributed by atoms with E-state index in [-0.39, 0.29) is 11.8 Å². The number of fused-ring (bicyclic) bond motifs is 1. The molecule has 0 bridgehead atoms. The molecule has 3 fully saturated rings. The monoisotopic (exact) mass is 218 g/mol. The van der Waals surface area contributed by atoms with Crippen molar-refractivity contribution < 1.29 is 4.79 Å². The molecule has 1 N–H and O–H groups in total. The van der Waals surface area contributed by atoms with Crippen LogP contribution in [0.15, 0.2) is 0 Å². The SMILES string of the molecule is N#CC1(NC(=O)C2CC3CC3C2)CCCC1. The molecular weight excluding hydrogens is 200 g/mol. The summed E-state index contributed by atoms with van der Waals surface area (Å²) >= 11 is 0. The van der Waals surface area contributed by atoms with E-state index in [0.717, 1.165) is 50.4 Å². The summed E-state index contributed by atoms with van der Waals surface area (Å²) in [6.45, 7) is 0. The summed E-state index contributed by atoms with van der Waals surface area (Å²) in [4.78, 5) is 12.1. The number of carbonyl (C=O) groups excluding carboxylic acids is 1. The molecule has 0 aromatic carbocycles. The highest BCUT2D eigenvalue weighted by atomic mass is 16.2. The van der Waals surface area contributed by atoms with Gasteiger partial charge in [-0.15, -0.1) is 0 Å². The van der Waals surface area contributed by atoms with Gasteiger partial charge in [0.25, 0.3) is 0 Å². The topological polar surface area (TPSA) is 52.9 Å². The van der Waals surface area contributed by atoms with Crippen molar-refractivity contribution in [2.24, 2.45) is 17.8 Å². The Morgan fingerprint density at radius 1 is 1.19 bits per heavy atom. The van der Waals surface area contributed by atoms with Gasteiger partial charge in [-0.25, -0.2) is 0 Å². The predicted molar refractivity (Wildman–Crippen MR) is 59.3 cm³/mol. The third-order valence-corrected chi connectivity index (χ3v) is 4.65. The molecule has 0 aromatic rings. The highest BCUT2D eigenvalue weighted by molar-refractivity contribution is 5.80. The molecule has 3 heteroatoms. The van der Waals surface area contributed by atoms with Crippen LogP contribution in [0.3, 0.4) is 0 Å². The molecule has 2 unspecified atom stereocenters. The molecule has 3 nitrogen and oxygen atoms in total. The minimum atomic E-state index is -0.524. The van der Waals surface area contributed by atoms with Gasteiger partial charge in [0.05, 0.1) is 6.07 Å². The molecule has 3 aliphatic rings. The van der Waals surface area contributed by atoms with Crippen LogP contribution in [-0.4, -0.2) is 11.4 Å². The minimum absolute atomic E-state index is 0.149. The second-order valence-corrected chi connectivity index (χ2v) is 5.81. The number of amides is 1. The standard InChI is InChI=1S/C13H18N2O/c14-8-13(3-1-2-4-13)15-12(16)11-6-9-5-10(9)7-11/h9-11H,1-7H2,(H,15,16). The smallest absolute Gasteiger partial charge is 0.224 e. The van der Waals surface area contributed by atoms with Gasteiger partial charge >= 0.3 is 0 Å². The molecule has 3 aliphatic carbocycles. The number of rotatable bonds is 2. The summed E-state index contributed by atoms with van der Waals surface area (Å²) in [5, 5.41) is 12.2. The van der Waals surface area contributed by atoms with Crippen LogP contribution >= 0.6 is 0 Å². The summed E-state index contributed by atoms with van der Waals surface area (Å²) in [6, 6.07) is 2.32. The van der Waals surface area contributed by atoms with Gasteiger partial charge in [0.15, 0.2) is 0 Å². The van der Waals surface area contributed by atoms with E-state index in [2.05, 4.69) is 11.4 Å². The van der Waals surface area contributed by atoms with Crippen molar-refractivity contribution in [3.8, 4) is 6.07 Å². The van der Waals surface area contributed by atoms with Gasteiger partial charge in [-0.3, -0.25) is 4.79 Å². The Morgan fingerprint density at radius 3 is 2.38 bits per heavy atom. The van der Waals surface area contributed by atoms with E-state index >= 15 is 0 Å². The fraction of sp³-hybridized carbons (Fsp3) is 0.846. The molecule has 1 amide bonds. The fourth-order valence-electron chi connectivity index (χ4n) is 3.51. The van der Waals surface area contributed by atoms with Crippen molar-refractivity contribution in [1.29, 1.82) is 5.26 Å². The van der Waals surface area contributed by atoms with Gasteiger partial charge in [-0.1, -0.05) is 0 Å². The number of carbonyl (C=O) groups is 1. The zero-order valence-corrected chi connectivity index (χ0v) is 9.54. The third kappa shape index (κ3) is 1.61. The Bertz CT molecular complexity index is 341. The quantitative estimate of drug-likeness (QED) is 0.770. The molecule has 0 aliphatic heterocycles. The molecule has 2 atom stereocenters. The van der Waals surface area contributed by atoms with Crippen molar-refractivity contribution in [2.45, 2.75) is 50.5 Å². The largest absolute Gasteiger partial charge is 0.338 e. The van der Waals surface area contributed by atoms with Crippen molar-refractivity contribution >= 4 is 5.91 Å². The normalized spacial score (nSPS) is 38.8. The van der Waals surface area contributed by atoms with E-state index in [4.69, 9.17) is 0 Å². The molecule has 0 aromatic heterocycles. The summed E-state index contributed by atoms with van der Waals surface area (Å²) < 4.78 is 0. The second kappa shape index (κ2) is 3.48. The van der Waals surface area contributed by atoms with Gasteiger partial charge in [0.2, 0.25) is 5.91 Å². The van der Waals surface area contributed by atoms with E-state index in [1.807, 2.05) is 0 Å². The summed E-state index contributed by atoms with van der Waals surface area (Å²) in [6.07, 6.45) is 7.31. The van der Waals surface area contributed by atoms with Gasteiger partial charge < -0.3 is 5.32 Å². The molecule has 3 rings (SSSR count). The first-order valence-electron chi connectivity index (χ1n) is 6.46. The maximum absolute atomic E-state index is 12.1. The van der Waals surface area contributed by atoms with Gasteiger partial charge in [0, 0.05) is 5.92 Å². The number of hydrogen-bond donors (Lipinski definition) is 1.